The van der Waals surface area contributed by atoms with E-state index < -0.39 is 5.60 Å². The van der Waals surface area contributed by atoms with Gasteiger partial charge >= 0.3 is 5.97 Å². The second-order valence-corrected chi connectivity index (χ2v) is 6.24. The molecule has 0 aromatic carbocycles. The molecule has 0 aliphatic carbocycles. The van der Waals surface area contributed by atoms with Crippen molar-refractivity contribution in [2.75, 3.05) is 0 Å². The van der Waals surface area contributed by atoms with E-state index in [4.69, 9.17) is 4.74 Å². The molecule has 4 nitrogen and oxygen atoms in total. The van der Waals surface area contributed by atoms with Gasteiger partial charge in [-0.1, -0.05) is 0 Å². The van der Waals surface area contributed by atoms with Crippen LogP contribution in [0.4, 0.5) is 0 Å². The summed E-state index contributed by atoms with van der Waals surface area (Å²) in [5.41, 5.74) is 1.15. The Kier molecular flexibility index (Phi) is 3.61. The van der Waals surface area contributed by atoms with Gasteiger partial charge < -0.3 is 9.14 Å². The van der Waals surface area contributed by atoms with Crippen molar-refractivity contribution in [1.29, 1.82) is 0 Å². The molecule has 2 aromatic heterocycles. The standard InChI is InChI=1S/C13H15IN2O2/c1-13(2,3)18-11(17)7-9-8-16-6-4-5-10(14)12(16)15-9/h4-6,8H,7H2,1-3H3. The number of rotatable bonds is 2. The van der Waals surface area contributed by atoms with Crippen molar-refractivity contribution in [2.24, 2.45) is 0 Å². The van der Waals surface area contributed by atoms with Crippen LogP contribution in [0, 0.1) is 3.57 Å². The van der Waals surface area contributed by atoms with E-state index in [1.807, 2.05) is 49.7 Å². The topological polar surface area (TPSA) is 43.6 Å². The summed E-state index contributed by atoms with van der Waals surface area (Å²) in [5, 5.41) is 0. The zero-order chi connectivity index (χ0) is 13.3. The highest BCUT2D eigenvalue weighted by atomic mass is 127. The van der Waals surface area contributed by atoms with Crippen molar-refractivity contribution in [2.45, 2.75) is 32.8 Å². The molecule has 0 amide bonds. The summed E-state index contributed by atoms with van der Waals surface area (Å²) in [6.07, 6.45) is 3.99. The van der Waals surface area contributed by atoms with Gasteiger partial charge in [-0.15, -0.1) is 0 Å². The SMILES string of the molecule is CC(C)(C)OC(=O)Cc1cn2cccc(I)c2n1. The van der Waals surface area contributed by atoms with Crippen LogP contribution in [0.3, 0.4) is 0 Å². The minimum atomic E-state index is -0.454. The fourth-order valence-electron chi connectivity index (χ4n) is 1.64. The molecule has 0 bridgehead atoms. The Balaban J connectivity index is 2.18. The zero-order valence-electron chi connectivity index (χ0n) is 10.6. The van der Waals surface area contributed by atoms with Crippen molar-refractivity contribution in [1.82, 2.24) is 9.38 Å². The minimum Gasteiger partial charge on any atom is -0.460 e. The number of fused-ring (bicyclic) bond motifs is 1. The molecule has 96 valence electrons. The lowest BCUT2D eigenvalue weighted by molar-refractivity contribution is -0.153. The molecule has 5 heteroatoms. The monoisotopic (exact) mass is 358 g/mol. The summed E-state index contributed by atoms with van der Waals surface area (Å²) >= 11 is 2.23. The smallest absolute Gasteiger partial charge is 0.312 e. The first-order chi connectivity index (χ1) is 8.35. The fraction of sp³-hybridized carbons (Fsp3) is 0.385. The summed E-state index contributed by atoms with van der Waals surface area (Å²) in [5.74, 6) is -0.249. The summed E-state index contributed by atoms with van der Waals surface area (Å²) in [4.78, 5) is 16.2. The van der Waals surface area contributed by atoms with E-state index in [1.165, 1.54) is 0 Å². The van der Waals surface area contributed by atoms with E-state index in [9.17, 15) is 4.79 Å². The van der Waals surface area contributed by atoms with Crippen molar-refractivity contribution >= 4 is 34.2 Å². The van der Waals surface area contributed by atoms with Crippen LogP contribution in [-0.4, -0.2) is 21.0 Å². The molecule has 2 heterocycles. The van der Waals surface area contributed by atoms with Gasteiger partial charge in [0.1, 0.15) is 5.60 Å². The van der Waals surface area contributed by atoms with Gasteiger partial charge in [0.05, 0.1) is 15.7 Å². The predicted molar refractivity (Wildman–Crippen MR) is 77.5 cm³/mol. The molecule has 18 heavy (non-hydrogen) atoms. The molecule has 0 saturated heterocycles. The molecule has 0 spiro atoms. The number of carbonyl (C=O) groups is 1. The zero-order valence-corrected chi connectivity index (χ0v) is 12.8. The number of imidazole rings is 1. The highest BCUT2D eigenvalue weighted by molar-refractivity contribution is 14.1. The van der Waals surface area contributed by atoms with Crippen molar-refractivity contribution in [3.8, 4) is 0 Å². The van der Waals surface area contributed by atoms with Crippen molar-refractivity contribution in [3.05, 3.63) is 33.8 Å². The predicted octanol–water partition coefficient (Wildman–Crippen LogP) is 2.82. The Hall–Kier alpha value is -1.11. The van der Waals surface area contributed by atoms with Crippen LogP contribution in [0.2, 0.25) is 0 Å². The van der Waals surface area contributed by atoms with Crippen LogP contribution in [0.1, 0.15) is 26.5 Å². The van der Waals surface area contributed by atoms with Crippen LogP contribution in [0.25, 0.3) is 5.65 Å². The van der Waals surface area contributed by atoms with E-state index >= 15 is 0 Å². The lowest BCUT2D eigenvalue weighted by atomic mass is 10.2. The Morgan fingerprint density at radius 2 is 2.22 bits per heavy atom. The third kappa shape index (κ3) is 3.22. The van der Waals surface area contributed by atoms with Crippen LogP contribution in [0.15, 0.2) is 24.5 Å². The number of hydrogen-bond acceptors (Lipinski definition) is 3. The molecular weight excluding hydrogens is 343 g/mol. The van der Waals surface area contributed by atoms with Gasteiger partial charge in [0.2, 0.25) is 0 Å². The van der Waals surface area contributed by atoms with Gasteiger partial charge in [-0.3, -0.25) is 4.79 Å². The number of nitrogens with zero attached hydrogens (tertiary/aromatic N) is 2. The second kappa shape index (κ2) is 4.87. The van der Waals surface area contributed by atoms with E-state index in [1.54, 1.807) is 0 Å². The van der Waals surface area contributed by atoms with Crippen LogP contribution in [0.5, 0.6) is 0 Å². The van der Waals surface area contributed by atoms with Gasteiger partial charge in [0.25, 0.3) is 0 Å². The summed E-state index contributed by atoms with van der Waals surface area (Å²) in [6, 6.07) is 3.94. The quantitative estimate of drug-likeness (QED) is 0.613. The third-order valence-corrected chi connectivity index (χ3v) is 3.07. The van der Waals surface area contributed by atoms with Crippen LogP contribution in [-0.2, 0) is 16.0 Å². The Morgan fingerprint density at radius 3 is 2.83 bits per heavy atom. The number of aromatic nitrogens is 2. The number of ether oxygens (including phenoxy) is 1. The second-order valence-electron chi connectivity index (χ2n) is 5.08. The Morgan fingerprint density at radius 1 is 1.50 bits per heavy atom. The summed E-state index contributed by atoms with van der Waals surface area (Å²) in [7, 11) is 0. The first-order valence-corrected chi connectivity index (χ1v) is 6.77. The molecule has 0 unspecified atom stereocenters. The Labute approximate surface area is 119 Å². The Bertz CT molecular complexity index is 584. The average Bonchev–Trinajstić information content (AvgIpc) is 2.58. The van der Waals surface area contributed by atoms with Crippen molar-refractivity contribution < 1.29 is 9.53 Å². The number of carbonyl (C=O) groups excluding carboxylic acids is 1. The highest BCUT2D eigenvalue weighted by Gasteiger charge is 2.17. The summed E-state index contributed by atoms with van der Waals surface area (Å²) in [6.45, 7) is 5.58. The molecule has 0 aliphatic heterocycles. The number of pyridine rings is 1. The third-order valence-electron chi connectivity index (χ3n) is 2.23. The van der Waals surface area contributed by atoms with Gasteiger partial charge in [-0.25, -0.2) is 4.98 Å². The van der Waals surface area contributed by atoms with Gasteiger partial charge in [-0.05, 0) is 55.5 Å². The first-order valence-electron chi connectivity index (χ1n) is 5.69. The molecule has 0 fully saturated rings. The highest BCUT2D eigenvalue weighted by Crippen LogP contribution is 2.15. The van der Waals surface area contributed by atoms with Gasteiger partial charge in [-0.2, -0.15) is 0 Å². The fourth-order valence-corrected chi connectivity index (χ4v) is 2.25. The maximum atomic E-state index is 11.7. The largest absolute Gasteiger partial charge is 0.460 e. The van der Waals surface area contributed by atoms with Crippen LogP contribution < -0.4 is 0 Å². The molecule has 0 saturated carbocycles. The van der Waals surface area contributed by atoms with E-state index in [0.717, 1.165) is 14.9 Å². The lowest BCUT2D eigenvalue weighted by Gasteiger charge is -2.18. The maximum Gasteiger partial charge on any atom is 0.312 e. The van der Waals surface area contributed by atoms with E-state index in [2.05, 4.69) is 27.6 Å². The molecule has 2 aromatic rings. The number of esters is 1. The summed E-state index contributed by atoms with van der Waals surface area (Å²) < 4.78 is 8.26. The lowest BCUT2D eigenvalue weighted by Crippen LogP contribution is -2.24. The molecule has 0 N–H and O–H groups in total. The number of halogens is 1. The first kappa shape index (κ1) is 13.3. The molecular formula is C13H15IN2O2. The number of hydrogen-bond donors (Lipinski definition) is 0. The molecule has 0 atom stereocenters. The average molecular weight is 358 g/mol. The minimum absolute atomic E-state index is 0.203. The van der Waals surface area contributed by atoms with Crippen molar-refractivity contribution in [3.63, 3.8) is 0 Å². The van der Waals surface area contributed by atoms with Crippen LogP contribution >= 0.6 is 22.6 Å². The normalized spacial score (nSPS) is 11.8. The van der Waals surface area contributed by atoms with Gasteiger partial charge in [0.15, 0.2) is 5.65 Å². The van der Waals surface area contributed by atoms with E-state index in [-0.39, 0.29) is 12.4 Å². The molecule has 0 aliphatic rings. The molecule has 0 radical (unpaired) electrons. The maximum absolute atomic E-state index is 11.7. The van der Waals surface area contributed by atoms with Gasteiger partial charge in [0, 0.05) is 12.4 Å². The van der Waals surface area contributed by atoms with E-state index in [0.29, 0.717) is 0 Å². The molecule has 2 rings (SSSR count).